The van der Waals surface area contributed by atoms with Gasteiger partial charge < -0.3 is 9.47 Å². The monoisotopic (exact) mass is 369 g/mol. The molecule has 0 N–H and O–H groups in total. The minimum atomic E-state index is 0.164. The fourth-order valence-electron chi connectivity index (χ4n) is 4.10. The van der Waals surface area contributed by atoms with Crippen LogP contribution >= 0.6 is 22.7 Å². The van der Waals surface area contributed by atoms with Gasteiger partial charge in [0.2, 0.25) is 0 Å². The summed E-state index contributed by atoms with van der Waals surface area (Å²) in [5.74, 6) is 0.164. The zero-order chi connectivity index (χ0) is 16.8. The molecule has 0 saturated carbocycles. The Morgan fingerprint density at radius 1 is 0.920 bits per heavy atom. The van der Waals surface area contributed by atoms with Gasteiger partial charge in [-0.25, -0.2) is 0 Å². The maximum Gasteiger partial charge on any atom is 0.271 e. The van der Waals surface area contributed by atoms with Gasteiger partial charge in [0.15, 0.2) is 0 Å². The normalized spacial score (nSPS) is 23.0. The van der Waals surface area contributed by atoms with E-state index in [-0.39, 0.29) is 11.9 Å². The summed E-state index contributed by atoms with van der Waals surface area (Å²) in [7, 11) is 0. The summed E-state index contributed by atoms with van der Waals surface area (Å²) in [6.07, 6.45) is 2.07. The standard InChI is InChI=1S/C19H19N3OS2/c23-19-16-6-1-7-21(16)17-12-20(10-14-4-2-8-24-14)13-18(17)22(19)11-15-5-3-9-25-15/h1-9,17-18H,10-13H2/t17-,18-/m0/s1. The molecule has 2 atom stereocenters. The van der Waals surface area contributed by atoms with Gasteiger partial charge in [0, 0.05) is 35.6 Å². The predicted molar refractivity (Wildman–Crippen MR) is 101 cm³/mol. The zero-order valence-electron chi connectivity index (χ0n) is 13.7. The van der Waals surface area contributed by atoms with Crippen LogP contribution in [0.5, 0.6) is 0 Å². The van der Waals surface area contributed by atoms with Crippen molar-refractivity contribution < 1.29 is 4.79 Å². The van der Waals surface area contributed by atoms with Crippen LogP contribution in [0.3, 0.4) is 0 Å². The Labute approximate surface area is 154 Å². The summed E-state index contributed by atoms with van der Waals surface area (Å²) in [5, 5.41) is 4.22. The number of fused-ring (bicyclic) bond motifs is 3. The van der Waals surface area contributed by atoms with Crippen LogP contribution in [0.2, 0.25) is 0 Å². The molecule has 0 aromatic carbocycles. The molecular weight excluding hydrogens is 350 g/mol. The maximum atomic E-state index is 13.1. The van der Waals surface area contributed by atoms with Gasteiger partial charge in [-0.05, 0) is 35.0 Å². The van der Waals surface area contributed by atoms with Crippen molar-refractivity contribution in [2.24, 2.45) is 0 Å². The van der Waals surface area contributed by atoms with E-state index in [0.717, 1.165) is 31.9 Å². The number of aromatic nitrogens is 1. The Balaban J connectivity index is 1.45. The van der Waals surface area contributed by atoms with Crippen molar-refractivity contribution in [1.29, 1.82) is 0 Å². The molecule has 1 saturated heterocycles. The summed E-state index contributed by atoms with van der Waals surface area (Å²) < 4.78 is 2.20. The molecule has 3 aromatic rings. The minimum absolute atomic E-state index is 0.164. The van der Waals surface area contributed by atoms with E-state index in [1.54, 1.807) is 11.3 Å². The lowest BCUT2D eigenvalue weighted by atomic mass is 10.1. The van der Waals surface area contributed by atoms with E-state index in [2.05, 4.69) is 55.6 Å². The number of carbonyl (C=O) groups is 1. The number of nitrogens with zero attached hydrogens (tertiary/aromatic N) is 3. The van der Waals surface area contributed by atoms with E-state index >= 15 is 0 Å². The Morgan fingerprint density at radius 2 is 1.64 bits per heavy atom. The molecule has 2 aliphatic rings. The van der Waals surface area contributed by atoms with Crippen LogP contribution in [-0.4, -0.2) is 39.4 Å². The molecule has 4 nitrogen and oxygen atoms in total. The third kappa shape index (κ3) is 2.65. The van der Waals surface area contributed by atoms with Crippen molar-refractivity contribution >= 4 is 28.6 Å². The Bertz CT molecular complexity index is 869. The number of rotatable bonds is 4. The third-order valence-electron chi connectivity index (χ3n) is 5.22. The first-order valence-corrected chi connectivity index (χ1v) is 10.3. The molecule has 0 radical (unpaired) electrons. The first-order chi connectivity index (χ1) is 12.3. The first-order valence-electron chi connectivity index (χ1n) is 8.54. The highest BCUT2D eigenvalue weighted by molar-refractivity contribution is 7.10. The van der Waals surface area contributed by atoms with E-state index in [4.69, 9.17) is 0 Å². The lowest BCUT2D eigenvalue weighted by Crippen LogP contribution is -2.49. The Kier molecular flexibility index (Phi) is 3.77. The predicted octanol–water partition coefficient (Wildman–Crippen LogP) is 3.69. The van der Waals surface area contributed by atoms with E-state index in [9.17, 15) is 4.79 Å². The molecule has 6 heteroatoms. The molecule has 0 unspecified atom stereocenters. The molecule has 5 rings (SSSR count). The summed E-state index contributed by atoms with van der Waals surface area (Å²) in [6.45, 7) is 3.63. The van der Waals surface area contributed by atoms with E-state index < -0.39 is 0 Å². The van der Waals surface area contributed by atoms with Crippen LogP contribution in [0.4, 0.5) is 0 Å². The lowest BCUT2D eigenvalue weighted by molar-refractivity contribution is 0.0559. The second kappa shape index (κ2) is 6.12. The average molecular weight is 370 g/mol. The highest BCUT2D eigenvalue weighted by atomic mass is 32.1. The highest BCUT2D eigenvalue weighted by Gasteiger charge is 2.44. The summed E-state index contributed by atoms with van der Waals surface area (Å²) in [5.41, 5.74) is 0.829. The SMILES string of the molecule is O=C1c2cccn2[C@H]2CN(Cc3cccs3)C[C@@H]2N1Cc1cccs1. The molecule has 1 fully saturated rings. The van der Waals surface area contributed by atoms with Crippen LogP contribution in [0.25, 0.3) is 0 Å². The van der Waals surface area contributed by atoms with Gasteiger partial charge in [-0.2, -0.15) is 0 Å². The lowest BCUT2D eigenvalue weighted by Gasteiger charge is -2.38. The molecule has 25 heavy (non-hydrogen) atoms. The minimum Gasteiger partial charge on any atom is -0.337 e. The average Bonchev–Trinajstić information content (AvgIpc) is 3.36. The first kappa shape index (κ1) is 15.4. The van der Waals surface area contributed by atoms with Crippen molar-refractivity contribution in [3.8, 4) is 0 Å². The van der Waals surface area contributed by atoms with Crippen LogP contribution in [0, 0.1) is 0 Å². The number of hydrogen-bond donors (Lipinski definition) is 0. The highest BCUT2D eigenvalue weighted by Crippen LogP contribution is 2.35. The van der Waals surface area contributed by atoms with Crippen LogP contribution < -0.4 is 0 Å². The number of hydrogen-bond acceptors (Lipinski definition) is 4. The summed E-state index contributed by atoms with van der Waals surface area (Å²) >= 11 is 3.54. The second-order valence-electron chi connectivity index (χ2n) is 6.72. The van der Waals surface area contributed by atoms with Crippen molar-refractivity contribution in [3.05, 3.63) is 68.8 Å². The third-order valence-corrected chi connectivity index (χ3v) is 6.94. The number of amides is 1. The van der Waals surface area contributed by atoms with Crippen LogP contribution in [0.1, 0.15) is 26.3 Å². The molecule has 1 amide bonds. The molecule has 0 aliphatic carbocycles. The topological polar surface area (TPSA) is 28.5 Å². The smallest absolute Gasteiger partial charge is 0.271 e. The molecular formula is C19H19N3OS2. The van der Waals surface area contributed by atoms with Gasteiger partial charge in [-0.3, -0.25) is 9.69 Å². The van der Waals surface area contributed by atoms with Crippen molar-refractivity contribution in [2.45, 2.75) is 25.2 Å². The second-order valence-corrected chi connectivity index (χ2v) is 8.79. The van der Waals surface area contributed by atoms with Gasteiger partial charge in [-0.1, -0.05) is 12.1 Å². The summed E-state index contributed by atoms with van der Waals surface area (Å²) in [4.78, 5) is 20.3. The Morgan fingerprint density at radius 3 is 2.36 bits per heavy atom. The maximum absolute atomic E-state index is 13.1. The molecule has 0 spiro atoms. The quantitative estimate of drug-likeness (QED) is 0.702. The van der Waals surface area contributed by atoms with E-state index in [1.807, 2.05) is 23.5 Å². The number of carbonyl (C=O) groups excluding carboxylic acids is 1. The molecule has 3 aromatic heterocycles. The van der Waals surface area contributed by atoms with E-state index in [0.29, 0.717) is 6.04 Å². The zero-order valence-corrected chi connectivity index (χ0v) is 15.4. The molecule has 0 bridgehead atoms. The van der Waals surface area contributed by atoms with Gasteiger partial charge in [0.1, 0.15) is 5.69 Å². The fraction of sp³-hybridized carbons (Fsp3) is 0.316. The molecule has 128 valence electrons. The van der Waals surface area contributed by atoms with Crippen molar-refractivity contribution in [3.63, 3.8) is 0 Å². The van der Waals surface area contributed by atoms with Gasteiger partial charge >= 0.3 is 0 Å². The van der Waals surface area contributed by atoms with Crippen molar-refractivity contribution in [2.75, 3.05) is 13.1 Å². The van der Waals surface area contributed by atoms with E-state index in [1.165, 1.54) is 9.75 Å². The largest absolute Gasteiger partial charge is 0.337 e. The van der Waals surface area contributed by atoms with Gasteiger partial charge in [0.05, 0.1) is 18.6 Å². The van der Waals surface area contributed by atoms with Crippen molar-refractivity contribution in [1.82, 2.24) is 14.4 Å². The van der Waals surface area contributed by atoms with Crippen LogP contribution in [0.15, 0.2) is 53.4 Å². The molecule has 2 aliphatic heterocycles. The fourth-order valence-corrected chi connectivity index (χ4v) is 5.55. The van der Waals surface area contributed by atoms with Crippen LogP contribution in [-0.2, 0) is 13.1 Å². The molecule has 5 heterocycles. The Hall–Kier alpha value is -1.89. The van der Waals surface area contributed by atoms with Gasteiger partial charge in [0.25, 0.3) is 5.91 Å². The number of likely N-dealkylation sites (tertiary alicyclic amines) is 1. The van der Waals surface area contributed by atoms with Gasteiger partial charge in [-0.15, -0.1) is 22.7 Å². The number of thiophene rings is 2. The summed E-state index contributed by atoms with van der Waals surface area (Å²) in [6, 6.07) is 13.0.